The van der Waals surface area contributed by atoms with Crippen LogP contribution in [0.1, 0.15) is 11.1 Å². The summed E-state index contributed by atoms with van der Waals surface area (Å²) in [6.07, 6.45) is 6.90. The third kappa shape index (κ3) is 4.86. The Morgan fingerprint density at radius 3 is 2.66 bits per heavy atom. The molecule has 0 spiro atoms. The van der Waals surface area contributed by atoms with Crippen molar-refractivity contribution in [3.05, 3.63) is 61.4 Å². The maximum Gasteiger partial charge on any atom is 0.293 e. The first-order chi connectivity index (χ1) is 13.9. The van der Waals surface area contributed by atoms with E-state index in [9.17, 15) is 9.59 Å². The summed E-state index contributed by atoms with van der Waals surface area (Å²) in [7, 11) is 1.51. The summed E-state index contributed by atoms with van der Waals surface area (Å²) in [5.41, 5.74) is 1.55. The Morgan fingerprint density at radius 1 is 1.21 bits per heavy atom. The lowest BCUT2D eigenvalue weighted by atomic mass is 10.1. The number of carbonyl (C=O) groups is 2. The molecule has 8 heteroatoms. The Kier molecular flexibility index (Phi) is 7.06. The molecule has 5 nitrogen and oxygen atoms in total. The smallest absolute Gasteiger partial charge is 0.293 e. The van der Waals surface area contributed by atoms with Gasteiger partial charge in [0.25, 0.3) is 11.1 Å². The average molecular weight is 537 g/mol. The van der Waals surface area contributed by atoms with Gasteiger partial charge in [-0.15, -0.1) is 6.42 Å². The number of benzene rings is 2. The number of rotatable bonds is 6. The molecular formula is C21H15Br2NO4S. The number of imide groups is 1. The molecule has 1 aliphatic heterocycles. The highest BCUT2D eigenvalue weighted by atomic mass is 79.9. The first kappa shape index (κ1) is 21.5. The number of terminal acetylenes is 1. The quantitative estimate of drug-likeness (QED) is 0.362. The van der Waals surface area contributed by atoms with E-state index in [0.29, 0.717) is 26.4 Å². The fraction of sp³-hybridized carbons (Fsp3) is 0.143. The lowest BCUT2D eigenvalue weighted by Gasteiger charge is -2.13. The molecule has 29 heavy (non-hydrogen) atoms. The summed E-state index contributed by atoms with van der Waals surface area (Å²) in [4.78, 5) is 26.8. The number of hydrogen-bond acceptors (Lipinski definition) is 5. The Hall–Kier alpha value is -2.21. The van der Waals surface area contributed by atoms with Gasteiger partial charge in [-0.05, 0) is 63.1 Å². The number of ether oxygens (including phenoxy) is 2. The minimum absolute atomic E-state index is 0.0994. The maximum absolute atomic E-state index is 12.8. The van der Waals surface area contributed by atoms with E-state index in [4.69, 9.17) is 15.9 Å². The fourth-order valence-corrected chi connectivity index (χ4v) is 4.48. The molecule has 0 saturated carbocycles. The summed E-state index contributed by atoms with van der Waals surface area (Å²) in [6.45, 7) is 0.303. The van der Waals surface area contributed by atoms with Crippen molar-refractivity contribution in [2.75, 3.05) is 13.7 Å². The highest BCUT2D eigenvalue weighted by Gasteiger charge is 2.35. The van der Waals surface area contributed by atoms with Gasteiger partial charge in [0.05, 0.1) is 23.0 Å². The molecule has 0 atom stereocenters. The van der Waals surface area contributed by atoms with Crippen LogP contribution in [0.25, 0.3) is 6.08 Å². The molecule has 0 aliphatic carbocycles. The number of hydrogen-bond donors (Lipinski definition) is 0. The Bertz CT molecular complexity index is 1050. The number of thioether (sulfide) groups is 1. The Balaban J connectivity index is 1.87. The van der Waals surface area contributed by atoms with E-state index in [2.05, 4.69) is 37.8 Å². The molecular weight excluding hydrogens is 522 g/mol. The van der Waals surface area contributed by atoms with Gasteiger partial charge in [-0.2, -0.15) is 0 Å². The molecule has 2 aromatic rings. The zero-order valence-corrected chi connectivity index (χ0v) is 19.3. The SMILES string of the molecule is C#CCOc1c(Br)cc(/C=C2\SC(=O)N(Cc3ccccc3Br)C2=O)cc1OC. The third-order valence-corrected chi connectivity index (χ3v) is 6.28. The summed E-state index contributed by atoms with van der Waals surface area (Å²) in [6, 6.07) is 11.0. The highest BCUT2D eigenvalue weighted by molar-refractivity contribution is 9.10. The topological polar surface area (TPSA) is 55.8 Å². The first-order valence-corrected chi connectivity index (χ1v) is 10.8. The number of nitrogens with zero attached hydrogens (tertiary/aromatic N) is 1. The third-order valence-electron chi connectivity index (χ3n) is 4.01. The molecule has 1 aliphatic rings. The predicted octanol–water partition coefficient (Wildman–Crippen LogP) is 5.47. The van der Waals surface area contributed by atoms with Crippen molar-refractivity contribution in [2.24, 2.45) is 0 Å². The molecule has 1 heterocycles. The lowest BCUT2D eigenvalue weighted by Crippen LogP contribution is -2.27. The molecule has 0 aromatic heterocycles. The van der Waals surface area contributed by atoms with Gasteiger partial charge in [0.1, 0.15) is 6.61 Å². The number of halogens is 2. The lowest BCUT2D eigenvalue weighted by molar-refractivity contribution is -0.123. The molecule has 3 rings (SSSR count). The molecule has 2 amide bonds. The van der Waals surface area contributed by atoms with Crippen molar-refractivity contribution in [1.29, 1.82) is 0 Å². The van der Waals surface area contributed by atoms with Crippen LogP contribution in [0.15, 0.2) is 50.2 Å². The van der Waals surface area contributed by atoms with Crippen molar-refractivity contribution < 1.29 is 19.1 Å². The van der Waals surface area contributed by atoms with Crippen LogP contribution in [0.2, 0.25) is 0 Å². The summed E-state index contributed by atoms with van der Waals surface area (Å²) < 4.78 is 12.3. The van der Waals surface area contributed by atoms with Gasteiger partial charge >= 0.3 is 0 Å². The Labute approximate surface area is 189 Å². The molecule has 2 aromatic carbocycles. The van der Waals surface area contributed by atoms with E-state index < -0.39 is 0 Å². The monoisotopic (exact) mass is 535 g/mol. The van der Waals surface area contributed by atoms with Gasteiger partial charge < -0.3 is 9.47 Å². The van der Waals surface area contributed by atoms with Crippen LogP contribution >= 0.6 is 43.6 Å². The average Bonchev–Trinajstić information content (AvgIpc) is 2.95. The normalized spacial score (nSPS) is 15.0. The maximum atomic E-state index is 12.8. The standard InChI is InChI=1S/C21H15Br2NO4S/c1-3-8-28-19-16(23)9-13(10-17(19)27-2)11-18-20(25)24(21(26)29-18)12-14-6-4-5-7-15(14)22/h1,4-7,9-11H,8,12H2,2H3/b18-11-. The van der Waals surface area contributed by atoms with E-state index >= 15 is 0 Å². The number of carbonyl (C=O) groups excluding carboxylic acids is 2. The van der Waals surface area contributed by atoms with Crippen LogP contribution < -0.4 is 9.47 Å². The van der Waals surface area contributed by atoms with Gasteiger partial charge in [-0.25, -0.2) is 0 Å². The fourth-order valence-electron chi connectivity index (χ4n) is 2.66. The van der Waals surface area contributed by atoms with Crippen LogP contribution in [0, 0.1) is 12.3 Å². The van der Waals surface area contributed by atoms with Gasteiger partial charge in [-0.1, -0.05) is 40.0 Å². The second-order valence-electron chi connectivity index (χ2n) is 5.89. The van der Waals surface area contributed by atoms with Gasteiger partial charge in [0, 0.05) is 4.47 Å². The van der Waals surface area contributed by atoms with Crippen molar-refractivity contribution in [1.82, 2.24) is 4.90 Å². The van der Waals surface area contributed by atoms with Crippen LogP contribution in [-0.4, -0.2) is 29.8 Å². The minimum atomic E-state index is -0.335. The first-order valence-electron chi connectivity index (χ1n) is 8.37. The second kappa shape index (κ2) is 9.53. The van der Waals surface area contributed by atoms with Crippen molar-refractivity contribution in [3.8, 4) is 23.8 Å². The molecule has 0 radical (unpaired) electrons. The summed E-state index contributed by atoms with van der Waals surface area (Å²) >= 11 is 7.79. The van der Waals surface area contributed by atoms with Gasteiger partial charge in [0.15, 0.2) is 11.5 Å². The van der Waals surface area contributed by atoms with Crippen LogP contribution in [0.5, 0.6) is 11.5 Å². The zero-order chi connectivity index (χ0) is 21.0. The van der Waals surface area contributed by atoms with Crippen LogP contribution in [0.4, 0.5) is 4.79 Å². The Morgan fingerprint density at radius 2 is 1.97 bits per heavy atom. The van der Waals surface area contributed by atoms with Crippen LogP contribution in [-0.2, 0) is 11.3 Å². The molecule has 1 saturated heterocycles. The molecule has 1 fully saturated rings. The van der Waals surface area contributed by atoms with Crippen molar-refractivity contribution in [3.63, 3.8) is 0 Å². The van der Waals surface area contributed by atoms with E-state index in [-0.39, 0.29) is 24.3 Å². The van der Waals surface area contributed by atoms with E-state index in [1.165, 1.54) is 12.0 Å². The predicted molar refractivity (Wildman–Crippen MR) is 121 cm³/mol. The van der Waals surface area contributed by atoms with Gasteiger partial charge in [0.2, 0.25) is 0 Å². The van der Waals surface area contributed by atoms with E-state index in [1.807, 2.05) is 24.3 Å². The van der Waals surface area contributed by atoms with E-state index in [0.717, 1.165) is 21.8 Å². The summed E-state index contributed by atoms with van der Waals surface area (Å²) in [5.74, 6) is 3.01. The van der Waals surface area contributed by atoms with Gasteiger partial charge in [-0.3, -0.25) is 14.5 Å². The largest absolute Gasteiger partial charge is 0.493 e. The molecule has 148 valence electrons. The van der Waals surface area contributed by atoms with Crippen LogP contribution in [0.3, 0.4) is 0 Å². The zero-order valence-electron chi connectivity index (χ0n) is 15.3. The minimum Gasteiger partial charge on any atom is -0.493 e. The molecule has 0 N–H and O–H groups in total. The number of methoxy groups -OCH3 is 1. The van der Waals surface area contributed by atoms with E-state index in [1.54, 1.807) is 18.2 Å². The van der Waals surface area contributed by atoms with Crippen molar-refractivity contribution in [2.45, 2.75) is 6.54 Å². The molecule has 0 unspecified atom stereocenters. The highest BCUT2D eigenvalue weighted by Crippen LogP contribution is 2.39. The summed E-state index contributed by atoms with van der Waals surface area (Å²) in [5, 5.41) is -0.308. The second-order valence-corrected chi connectivity index (χ2v) is 8.59. The number of amides is 2. The van der Waals surface area contributed by atoms with Crippen molar-refractivity contribution >= 4 is 60.8 Å². The molecule has 0 bridgehead atoms.